The molecule has 47 heavy (non-hydrogen) atoms. The molecule has 1 atom stereocenters. The minimum atomic E-state index is -0.767. The quantitative estimate of drug-likeness (QED) is 0.257. The molecule has 2 fully saturated rings. The maximum absolute atomic E-state index is 14.9. The van der Waals surface area contributed by atoms with Crippen molar-refractivity contribution in [2.75, 3.05) is 51.3 Å². The summed E-state index contributed by atoms with van der Waals surface area (Å²) in [6.07, 6.45) is 6.06. The molecule has 244 valence electrons. The lowest BCUT2D eigenvalue weighted by Gasteiger charge is -2.38. The zero-order chi connectivity index (χ0) is 33.1. The van der Waals surface area contributed by atoms with Gasteiger partial charge >= 0.3 is 0 Å². The number of benzene rings is 2. The Hall–Kier alpha value is -4.77. The fourth-order valence-corrected chi connectivity index (χ4v) is 6.43. The van der Waals surface area contributed by atoms with Crippen molar-refractivity contribution in [1.29, 1.82) is 5.26 Å². The summed E-state index contributed by atoms with van der Waals surface area (Å²) in [6.45, 7) is 4.37. The summed E-state index contributed by atoms with van der Waals surface area (Å²) < 4.78 is 21.7. The molecule has 2 aliphatic heterocycles. The number of aromatic nitrogens is 3. The zero-order valence-corrected chi connectivity index (χ0v) is 26.5. The first-order chi connectivity index (χ1) is 22.8. The van der Waals surface area contributed by atoms with E-state index in [4.69, 9.17) is 21.6 Å². The van der Waals surface area contributed by atoms with E-state index in [-0.39, 0.29) is 47.8 Å². The van der Waals surface area contributed by atoms with Gasteiger partial charge in [-0.15, -0.1) is 0 Å². The van der Waals surface area contributed by atoms with E-state index < -0.39 is 5.82 Å². The molecule has 4 aromatic rings. The van der Waals surface area contributed by atoms with E-state index in [1.54, 1.807) is 52.2 Å². The number of fused-ring (bicyclic) bond motifs is 1. The molecule has 0 saturated carbocycles. The number of hydrogen-bond donors (Lipinski definition) is 3. The number of rotatable bonds is 8. The SMILES string of the molecule is Cc1cc(Nc2nccn3c(-c4ccc(OCC#N)c(F)c4Cl)cnc23)ccc1C(=O)N1CCC(C(=O)N2CCN[C@H](CO)C2)CC1. The van der Waals surface area contributed by atoms with Crippen LogP contribution in [0.1, 0.15) is 28.8 Å². The largest absolute Gasteiger partial charge is 0.476 e. The standard InChI is InChI=1S/C33H34ClFN8O4/c1-20-16-22(2-3-24(20)33(46)41-11-6-21(7-12-41)32(45)42-13-9-37-23(18-42)19-44)40-30-31-39-17-26(43(31)14-10-38-30)25-4-5-27(47-15-8-36)29(35)28(25)34/h2-5,10,14,16-17,21,23,37,44H,6-7,9,11-13,15,18-19H2,1H3,(H,38,40)/t23-/m0/s1. The molecule has 0 spiro atoms. The number of aliphatic hydroxyl groups excluding tert-OH is 1. The maximum Gasteiger partial charge on any atom is 0.254 e. The number of likely N-dealkylation sites (tertiary alicyclic amines) is 1. The molecule has 0 unspecified atom stereocenters. The lowest BCUT2D eigenvalue weighted by molar-refractivity contribution is -0.138. The molecule has 2 aliphatic rings. The maximum atomic E-state index is 14.9. The summed E-state index contributed by atoms with van der Waals surface area (Å²) in [5, 5.41) is 24.5. The topological polar surface area (TPSA) is 148 Å². The van der Waals surface area contributed by atoms with Gasteiger partial charge < -0.3 is 30.3 Å². The number of nitrogens with zero attached hydrogens (tertiary/aromatic N) is 6. The number of nitriles is 1. The lowest BCUT2D eigenvalue weighted by atomic mass is 9.94. The second-order valence-electron chi connectivity index (χ2n) is 11.6. The fourth-order valence-electron chi connectivity index (χ4n) is 6.18. The van der Waals surface area contributed by atoms with Gasteiger partial charge in [0, 0.05) is 73.9 Å². The van der Waals surface area contributed by atoms with Crippen LogP contribution in [0.3, 0.4) is 0 Å². The highest BCUT2D eigenvalue weighted by atomic mass is 35.5. The van der Waals surface area contributed by atoms with Gasteiger partial charge in [-0.25, -0.2) is 14.4 Å². The van der Waals surface area contributed by atoms with Gasteiger partial charge in [-0.1, -0.05) is 11.6 Å². The summed E-state index contributed by atoms with van der Waals surface area (Å²) in [7, 11) is 0. The predicted octanol–water partition coefficient (Wildman–Crippen LogP) is 3.79. The Morgan fingerprint density at radius 1 is 1.19 bits per heavy atom. The van der Waals surface area contributed by atoms with Crippen molar-refractivity contribution in [3.8, 4) is 23.1 Å². The third-order valence-corrected chi connectivity index (χ3v) is 9.05. The van der Waals surface area contributed by atoms with Crippen LogP contribution in [0.25, 0.3) is 16.9 Å². The van der Waals surface area contributed by atoms with E-state index in [1.807, 2.05) is 17.9 Å². The van der Waals surface area contributed by atoms with Crippen molar-refractivity contribution >= 4 is 40.6 Å². The molecule has 0 radical (unpaired) electrons. The highest BCUT2D eigenvalue weighted by Gasteiger charge is 2.33. The first-order valence-corrected chi connectivity index (χ1v) is 15.8. The number of halogens is 2. The molecule has 12 nitrogen and oxygen atoms in total. The number of anilines is 2. The summed E-state index contributed by atoms with van der Waals surface area (Å²) in [5.41, 5.74) is 3.48. The third-order valence-electron chi connectivity index (χ3n) is 8.68. The Kier molecular flexibility index (Phi) is 9.53. The molecule has 2 aromatic heterocycles. The van der Waals surface area contributed by atoms with Gasteiger partial charge in [-0.2, -0.15) is 5.26 Å². The Balaban J connectivity index is 1.13. The molecular weight excluding hydrogens is 627 g/mol. The van der Waals surface area contributed by atoms with Gasteiger partial charge in [-0.3, -0.25) is 14.0 Å². The van der Waals surface area contributed by atoms with Crippen LogP contribution in [-0.4, -0.2) is 93.1 Å². The van der Waals surface area contributed by atoms with Gasteiger partial charge in [0.1, 0.15) is 6.07 Å². The number of piperazine rings is 1. The summed E-state index contributed by atoms with van der Waals surface area (Å²) in [6, 6.07) is 10.2. The van der Waals surface area contributed by atoms with Crippen molar-refractivity contribution in [3.63, 3.8) is 0 Å². The second kappa shape index (κ2) is 13.9. The molecule has 4 heterocycles. The Morgan fingerprint density at radius 3 is 2.74 bits per heavy atom. The molecule has 2 amide bonds. The number of aliphatic hydroxyl groups is 1. The van der Waals surface area contributed by atoms with E-state index in [1.165, 1.54) is 6.07 Å². The number of piperidine rings is 1. The Labute approximate surface area is 275 Å². The van der Waals surface area contributed by atoms with Crippen LogP contribution in [0.2, 0.25) is 5.02 Å². The van der Waals surface area contributed by atoms with Crippen LogP contribution in [0.4, 0.5) is 15.9 Å². The van der Waals surface area contributed by atoms with Gasteiger partial charge in [-0.05, 0) is 55.7 Å². The number of hydrogen-bond acceptors (Lipinski definition) is 9. The van der Waals surface area contributed by atoms with Gasteiger partial charge in [0.25, 0.3) is 5.91 Å². The Bertz CT molecular complexity index is 1850. The average molecular weight is 661 g/mol. The Morgan fingerprint density at radius 2 is 2.00 bits per heavy atom. The summed E-state index contributed by atoms with van der Waals surface area (Å²) in [4.78, 5) is 39.1. The van der Waals surface area contributed by atoms with Gasteiger partial charge in [0.05, 0.1) is 23.5 Å². The monoisotopic (exact) mass is 660 g/mol. The zero-order valence-electron chi connectivity index (χ0n) is 25.7. The van der Waals surface area contributed by atoms with Crippen LogP contribution in [0.15, 0.2) is 48.9 Å². The lowest BCUT2D eigenvalue weighted by Crippen LogP contribution is -2.56. The first-order valence-electron chi connectivity index (χ1n) is 15.4. The number of amides is 2. The van der Waals surface area contributed by atoms with Crippen molar-refractivity contribution in [2.24, 2.45) is 5.92 Å². The highest BCUT2D eigenvalue weighted by Crippen LogP contribution is 2.36. The molecule has 2 saturated heterocycles. The minimum Gasteiger partial charge on any atom is -0.476 e. The van der Waals surface area contributed by atoms with Crippen LogP contribution in [0, 0.1) is 30.0 Å². The number of imidazole rings is 1. The summed E-state index contributed by atoms with van der Waals surface area (Å²) >= 11 is 6.35. The summed E-state index contributed by atoms with van der Waals surface area (Å²) in [5.74, 6) is -0.527. The number of carbonyl (C=O) groups is 2. The number of aryl methyl sites for hydroxylation is 1. The molecule has 14 heteroatoms. The van der Waals surface area contributed by atoms with Crippen LogP contribution < -0.4 is 15.4 Å². The van der Waals surface area contributed by atoms with Crippen molar-refractivity contribution in [2.45, 2.75) is 25.8 Å². The van der Waals surface area contributed by atoms with Gasteiger partial charge in [0.15, 0.2) is 29.6 Å². The van der Waals surface area contributed by atoms with E-state index in [0.29, 0.717) is 79.5 Å². The average Bonchev–Trinajstić information content (AvgIpc) is 3.53. The highest BCUT2D eigenvalue weighted by molar-refractivity contribution is 6.33. The van der Waals surface area contributed by atoms with E-state index in [2.05, 4.69) is 20.6 Å². The van der Waals surface area contributed by atoms with Crippen molar-refractivity contribution in [3.05, 3.63) is 70.9 Å². The number of carbonyl (C=O) groups excluding carboxylic acids is 2. The predicted molar refractivity (Wildman–Crippen MR) is 173 cm³/mol. The van der Waals surface area contributed by atoms with Crippen LogP contribution in [0.5, 0.6) is 5.75 Å². The van der Waals surface area contributed by atoms with E-state index >= 15 is 0 Å². The molecule has 3 N–H and O–H groups in total. The third kappa shape index (κ3) is 6.58. The van der Waals surface area contributed by atoms with E-state index in [0.717, 1.165) is 5.56 Å². The fraction of sp³-hybridized carbons (Fsp3) is 0.364. The minimum absolute atomic E-state index is 0.00377. The van der Waals surface area contributed by atoms with Gasteiger partial charge in [0.2, 0.25) is 5.91 Å². The van der Waals surface area contributed by atoms with Crippen molar-refractivity contribution < 1.29 is 23.8 Å². The molecule has 0 bridgehead atoms. The van der Waals surface area contributed by atoms with E-state index in [9.17, 15) is 19.1 Å². The molecular formula is C33H34ClFN8O4. The number of nitrogens with one attached hydrogen (secondary N) is 2. The second-order valence-corrected chi connectivity index (χ2v) is 12.0. The smallest absolute Gasteiger partial charge is 0.254 e. The first kappa shape index (κ1) is 32.2. The van der Waals surface area contributed by atoms with Crippen LogP contribution >= 0.6 is 11.6 Å². The van der Waals surface area contributed by atoms with Crippen molar-refractivity contribution in [1.82, 2.24) is 29.5 Å². The molecule has 6 rings (SSSR count). The molecule has 2 aromatic carbocycles. The normalized spacial score (nSPS) is 17.0. The van der Waals surface area contributed by atoms with Crippen LogP contribution in [-0.2, 0) is 4.79 Å². The number of ether oxygens (including phenoxy) is 1. The molecule has 0 aliphatic carbocycles.